The van der Waals surface area contributed by atoms with Crippen molar-refractivity contribution in [1.82, 2.24) is 30.4 Å². The number of rotatable bonds is 5. The molecule has 3 N–H and O–H groups in total. The molecular weight excluding hydrogens is 376 g/mol. The van der Waals surface area contributed by atoms with E-state index in [1.807, 2.05) is 25.7 Å². The fourth-order valence-electron chi connectivity index (χ4n) is 4.18. The van der Waals surface area contributed by atoms with Crippen molar-refractivity contribution >= 4 is 11.6 Å². The Morgan fingerprint density at radius 1 is 1.31 bits per heavy atom. The summed E-state index contributed by atoms with van der Waals surface area (Å²) >= 11 is 0. The van der Waals surface area contributed by atoms with Crippen LogP contribution >= 0.6 is 0 Å². The van der Waals surface area contributed by atoms with Crippen LogP contribution in [-0.2, 0) is 18.5 Å². The minimum atomic E-state index is -1.43. The molecule has 29 heavy (non-hydrogen) atoms. The lowest BCUT2D eigenvalue weighted by Gasteiger charge is -2.42. The number of allylic oxidation sites excluding steroid dienone is 1. The van der Waals surface area contributed by atoms with Crippen LogP contribution in [0.5, 0.6) is 0 Å². The number of aromatic amines is 1. The fourth-order valence-corrected chi connectivity index (χ4v) is 4.18. The van der Waals surface area contributed by atoms with E-state index in [0.29, 0.717) is 56.2 Å². The van der Waals surface area contributed by atoms with Crippen LogP contribution in [-0.4, -0.2) is 43.8 Å². The second kappa shape index (κ2) is 7.05. The zero-order chi connectivity index (χ0) is 20.8. The van der Waals surface area contributed by atoms with Gasteiger partial charge in [-0.2, -0.15) is 5.10 Å². The Morgan fingerprint density at radius 3 is 2.72 bits per heavy atom. The van der Waals surface area contributed by atoms with Crippen molar-refractivity contribution < 1.29 is 8.78 Å². The maximum Gasteiger partial charge on any atom is 0.184 e. The van der Waals surface area contributed by atoms with E-state index in [-0.39, 0.29) is 5.82 Å². The van der Waals surface area contributed by atoms with E-state index >= 15 is 4.39 Å². The summed E-state index contributed by atoms with van der Waals surface area (Å²) in [7, 11) is 0. The van der Waals surface area contributed by atoms with E-state index < -0.39 is 17.0 Å². The summed E-state index contributed by atoms with van der Waals surface area (Å²) in [5.74, 6) is 0.569. The van der Waals surface area contributed by atoms with Crippen molar-refractivity contribution in [3.05, 3.63) is 41.4 Å². The molecule has 156 valence electrons. The molecule has 1 fully saturated rings. The number of anilines is 2. The Bertz CT molecular complexity index is 931. The summed E-state index contributed by atoms with van der Waals surface area (Å²) in [6, 6.07) is 0. The largest absolute Gasteiger partial charge is 0.357 e. The van der Waals surface area contributed by atoms with Gasteiger partial charge in [0.05, 0.1) is 17.4 Å². The molecule has 0 atom stereocenters. The van der Waals surface area contributed by atoms with E-state index in [1.165, 1.54) is 0 Å². The molecule has 0 bridgehead atoms. The predicted molar refractivity (Wildman–Crippen MR) is 107 cm³/mol. The number of hydrogen-bond donors (Lipinski definition) is 3. The smallest absolute Gasteiger partial charge is 0.184 e. The molecule has 2 aliphatic rings. The number of alkyl halides is 1. The van der Waals surface area contributed by atoms with Gasteiger partial charge in [-0.05, 0) is 39.8 Å². The van der Waals surface area contributed by atoms with Gasteiger partial charge in [0.2, 0.25) is 0 Å². The Kier molecular flexibility index (Phi) is 4.80. The number of aromatic nitrogens is 4. The van der Waals surface area contributed by atoms with E-state index in [1.54, 1.807) is 0 Å². The zero-order valence-electron chi connectivity index (χ0n) is 17.1. The third kappa shape index (κ3) is 3.27. The second-order valence-corrected chi connectivity index (χ2v) is 8.19. The van der Waals surface area contributed by atoms with Crippen molar-refractivity contribution in [1.29, 1.82) is 0 Å². The summed E-state index contributed by atoms with van der Waals surface area (Å²) in [5, 5.41) is 13.6. The van der Waals surface area contributed by atoms with Crippen molar-refractivity contribution in [2.24, 2.45) is 0 Å². The van der Waals surface area contributed by atoms with Gasteiger partial charge in [0.25, 0.3) is 0 Å². The molecule has 1 saturated heterocycles. The van der Waals surface area contributed by atoms with Crippen LogP contribution in [0.2, 0.25) is 0 Å². The highest BCUT2D eigenvalue weighted by atomic mass is 19.1. The lowest BCUT2D eigenvalue weighted by Crippen LogP contribution is -2.47. The first-order valence-electron chi connectivity index (χ1n) is 9.99. The Balaban J connectivity index is 1.62. The highest BCUT2D eigenvalue weighted by Crippen LogP contribution is 2.47. The zero-order valence-corrected chi connectivity index (χ0v) is 17.1. The summed E-state index contributed by atoms with van der Waals surface area (Å²) < 4.78 is 29.8. The van der Waals surface area contributed by atoms with Crippen LogP contribution < -0.4 is 10.6 Å². The van der Waals surface area contributed by atoms with Gasteiger partial charge in [-0.1, -0.05) is 13.5 Å². The molecule has 0 aliphatic carbocycles. The molecule has 7 nitrogen and oxygen atoms in total. The van der Waals surface area contributed by atoms with Crippen LogP contribution in [0.3, 0.4) is 0 Å². The number of nitrogens with zero attached hydrogens (tertiary/aromatic N) is 4. The molecule has 2 aromatic rings. The standard InChI is InChI=1S/C20H27F2N7/c1-5-15-24-10-14(21)18(25-15)26-17-13-11-29(19(3,4)16(13)27-28-17)12(2)20(22)6-8-23-9-7-20/h10,23H,2,5-9,11H2,1,3-4H3,(H2,24,25,26,27,28). The average molecular weight is 403 g/mol. The number of hydrogen-bond acceptors (Lipinski definition) is 6. The van der Waals surface area contributed by atoms with Gasteiger partial charge in [0.1, 0.15) is 5.82 Å². The van der Waals surface area contributed by atoms with Crippen LogP contribution in [0.25, 0.3) is 0 Å². The summed E-state index contributed by atoms with van der Waals surface area (Å²) in [6.07, 6.45) is 2.56. The lowest BCUT2D eigenvalue weighted by atomic mass is 9.88. The lowest BCUT2D eigenvalue weighted by molar-refractivity contribution is 0.0724. The summed E-state index contributed by atoms with van der Waals surface area (Å²) in [4.78, 5) is 10.2. The number of H-pyrrole nitrogens is 1. The van der Waals surface area contributed by atoms with E-state index in [4.69, 9.17) is 0 Å². The van der Waals surface area contributed by atoms with Crippen LogP contribution in [0.1, 0.15) is 50.7 Å². The molecule has 2 aliphatic heterocycles. The molecule has 0 saturated carbocycles. The number of fused-ring (bicyclic) bond motifs is 1. The van der Waals surface area contributed by atoms with Gasteiger partial charge in [-0.25, -0.2) is 18.7 Å². The van der Waals surface area contributed by atoms with Crippen molar-refractivity contribution in [2.75, 3.05) is 18.4 Å². The SMILES string of the molecule is C=C(N1Cc2c(Nc3nc(CC)ncc3F)n[nH]c2C1(C)C)C1(F)CCNCC1. The monoisotopic (exact) mass is 403 g/mol. The quantitative estimate of drug-likeness (QED) is 0.711. The molecular formula is C20H27F2N7. The van der Waals surface area contributed by atoms with Gasteiger partial charge in [0, 0.05) is 24.2 Å². The Morgan fingerprint density at radius 2 is 2.03 bits per heavy atom. The average Bonchev–Trinajstić information content (AvgIpc) is 3.22. The molecule has 0 amide bonds. The molecule has 2 aromatic heterocycles. The third-order valence-corrected chi connectivity index (χ3v) is 6.06. The minimum absolute atomic E-state index is 0.0848. The predicted octanol–water partition coefficient (Wildman–Crippen LogP) is 3.30. The second-order valence-electron chi connectivity index (χ2n) is 8.19. The normalized spacial score (nSPS) is 19.8. The molecule has 0 spiro atoms. The van der Waals surface area contributed by atoms with E-state index in [9.17, 15) is 4.39 Å². The maximum atomic E-state index is 15.6. The van der Waals surface area contributed by atoms with Crippen LogP contribution in [0.4, 0.5) is 20.4 Å². The molecule has 0 unspecified atom stereocenters. The third-order valence-electron chi connectivity index (χ3n) is 6.06. The van der Waals surface area contributed by atoms with Crippen molar-refractivity contribution in [3.63, 3.8) is 0 Å². The molecule has 9 heteroatoms. The number of piperidine rings is 1. The van der Waals surface area contributed by atoms with E-state index in [0.717, 1.165) is 17.5 Å². The van der Waals surface area contributed by atoms with Crippen LogP contribution in [0.15, 0.2) is 18.5 Å². The highest BCUT2D eigenvalue weighted by molar-refractivity contribution is 5.60. The molecule has 0 radical (unpaired) electrons. The van der Waals surface area contributed by atoms with Gasteiger partial charge in [-0.3, -0.25) is 5.10 Å². The van der Waals surface area contributed by atoms with Crippen LogP contribution in [0, 0.1) is 5.82 Å². The summed E-state index contributed by atoms with van der Waals surface area (Å²) in [6.45, 7) is 11.8. The van der Waals surface area contributed by atoms with E-state index in [2.05, 4.69) is 37.4 Å². The topological polar surface area (TPSA) is 81.8 Å². The van der Waals surface area contributed by atoms with Gasteiger partial charge in [0.15, 0.2) is 23.1 Å². The first-order chi connectivity index (χ1) is 13.8. The maximum absolute atomic E-state index is 15.6. The highest BCUT2D eigenvalue weighted by Gasteiger charge is 2.47. The first-order valence-corrected chi connectivity index (χ1v) is 9.99. The minimum Gasteiger partial charge on any atom is -0.357 e. The summed E-state index contributed by atoms with van der Waals surface area (Å²) in [5.41, 5.74) is 0.277. The number of nitrogens with one attached hydrogen (secondary N) is 3. The number of halogens is 2. The fraction of sp³-hybridized carbons (Fsp3) is 0.550. The molecule has 4 rings (SSSR count). The Labute approximate surface area is 169 Å². The number of aryl methyl sites for hydroxylation is 1. The van der Waals surface area contributed by atoms with Crippen molar-refractivity contribution in [3.8, 4) is 0 Å². The van der Waals surface area contributed by atoms with Gasteiger partial charge < -0.3 is 15.5 Å². The van der Waals surface area contributed by atoms with Gasteiger partial charge >= 0.3 is 0 Å². The van der Waals surface area contributed by atoms with Crippen molar-refractivity contribution in [2.45, 2.75) is 57.8 Å². The molecule has 0 aromatic carbocycles. The van der Waals surface area contributed by atoms with Gasteiger partial charge in [-0.15, -0.1) is 0 Å². The molecule has 4 heterocycles. The first kappa shape index (κ1) is 19.8. The Hall–Kier alpha value is -2.55.